The Bertz CT molecular complexity index is 1300. The van der Waals surface area contributed by atoms with E-state index in [-0.39, 0.29) is 5.95 Å². The molecule has 1 aliphatic rings. The molecule has 11 heteroatoms. The first kappa shape index (κ1) is 22.7. The molecule has 0 unspecified atom stereocenters. The second kappa shape index (κ2) is 10.0. The SMILES string of the molecule is COc1cc2ncnc(-n3nc(Nc4ccc(OCCN5CCCC5)cc4)nc3N)c2cc1OC. The second-order valence-electron chi connectivity index (χ2n) is 8.17. The quantitative estimate of drug-likeness (QED) is 0.372. The Labute approximate surface area is 202 Å². The molecule has 3 heterocycles. The summed E-state index contributed by atoms with van der Waals surface area (Å²) in [6.07, 6.45) is 4.01. The number of benzene rings is 2. The van der Waals surface area contributed by atoms with Crippen molar-refractivity contribution in [3.63, 3.8) is 0 Å². The summed E-state index contributed by atoms with van der Waals surface area (Å²) in [7, 11) is 3.15. The predicted octanol–water partition coefficient (Wildman–Crippen LogP) is 3.03. The molecule has 0 atom stereocenters. The lowest BCUT2D eigenvalue weighted by Gasteiger charge is -2.15. The third-order valence-electron chi connectivity index (χ3n) is 5.94. The lowest BCUT2D eigenvalue weighted by atomic mass is 10.2. The number of likely N-dealkylation sites (tertiary alicyclic amines) is 1. The number of hydrogen-bond donors (Lipinski definition) is 2. The Hall–Kier alpha value is -4.12. The van der Waals surface area contributed by atoms with Gasteiger partial charge in [0.15, 0.2) is 17.3 Å². The van der Waals surface area contributed by atoms with Crippen LogP contribution in [0.5, 0.6) is 17.2 Å². The van der Waals surface area contributed by atoms with Gasteiger partial charge in [-0.05, 0) is 56.3 Å². The summed E-state index contributed by atoms with van der Waals surface area (Å²) in [5.74, 6) is 2.96. The summed E-state index contributed by atoms with van der Waals surface area (Å²) in [5.41, 5.74) is 7.66. The third kappa shape index (κ3) is 4.90. The Morgan fingerprint density at radius 3 is 2.49 bits per heavy atom. The molecule has 5 rings (SSSR count). The molecule has 0 aliphatic carbocycles. The largest absolute Gasteiger partial charge is 0.493 e. The molecule has 0 spiro atoms. The Kier molecular flexibility index (Phi) is 6.49. The van der Waals surface area contributed by atoms with Gasteiger partial charge in [0.1, 0.15) is 18.7 Å². The van der Waals surface area contributed by atoms with Crippen LogP contribution in [0.2, 0.25) is 0 Å². The van der Waals surface area contributed by atoms with Gasteiger partial charge in [-0.3, -0.25) is 4.90 Å². The van der Waals surface area contributed by atoms with Crippen molar-refractivity contribution in [1.82, 2.24) is 29.6 Å². The van der Waals surface area contributed by atoms with E-state index in [0.29, 0.717) is 40.8 Å². The molecule has 0 saturated carbocycles. The molecule has 4 aromatic rings. The fourth-order valence-corrected chi connectivity index (χ4v) is 4.13. The zero-order chi connectivity index (χ0) is 24.2. The summed E-state index contributed by atoms with van der Waals surface area (Å²) < 4.78 is 18.1. The maximum atomic E-state index is 6.18. The van der Waals surface area contributed by atoms with E-state index in [0.717, 1.165) is 18.0 Å². The molecular formula is C24H28N8O3. The molecule has 0 bridgehead atoms. The summed E-state index contributed by atoms with van der Waals surface area (Å²) in [5, 5.41) is 8.38. The van der Waals surface area contributed by atoms with Gasteiger partial charge < -0.3 is 25.3 Å². The van der Waals surface area contributed by atoms with Gasteiger partial charge in [0.2, 0.25) is 11.9 Å². The lowest BCUT2D eigenvalue weighted by Crippen LogP contribution is -2.25. The molecule has 1 saturated heterocycles. The maximum Gasteiger partial charge on any atom is 0.248 e. The van der Waals surface area contributed by atoms with Crippen LogP contribution in [0.1, 0.15) is 12.8 Å². The van der Waals surface area contributed by atoms with Crippen molar-refractivity contribution in [2.75, 3.05) is 51.5 Å². The van der Waals surface area contributed by atoms with E-state index in [9.17, 15) is 0 Å². The van der Waals surface area contributed by atoms with Crippen LogP contribution in [-0.4, -0.2) is 70.1 Å². The topological polar surface area (TPSA) is 125 Å². The van der Waals surface area contributed by atoms with Gasteiger partial charge in [0, 0.05) is 23.7 Å². The van der Waals surface area contributed by atoms with Gasteiger partial charge in [0.25, 0.3) is 0 Å². The number of nitrogens with two attached hydrogens (primary N) is 1. The van der Waals surface area contributed by atoms with Crippen LogP contribution in [0.3, 0.4) is 0 Å². The van der Waals surface area contributed by atoms with Gasteiger partial charge in [-0.25, -0.2) is 9.97 Å². The van der Waals surface area contributed by atoms with Crippen LogP contribution in [0, 0.1) is 0 Å². The van der Waals surface area contributed by atoms with Crippen LogP contribution in [0.25, 0.3) is 16.7 Å². The van der Waals surface area contributed by atoms with Crippen molar-refractivity contribution in [2.45, 2.75) is 12.8 Å². The molecule has 2 aromatic heterocycles. The van der Waals surface area contributed by atoms with Crippen molar-refractivity contribution in [3.05, 3.63) is 42.7 Å². The number of rotatable bonds is 9. The van der Waals surface area contributed by atoms with Crippen LogP contribution in [-0.2, 0) is 0 Å². The number of fused-ring (bicyclic) bond motifs is 1. The third-order valence-corrected chi connectivity index (χ3v) is 5.94. The maximum absolute atomic E-state index is 6.18. The highest BCUT2D eigenvalue weighted by atomic mass is 16.5. The minimum atomic E-state index is 0.184. The van der Waals surface area contributed by atoms with Crippen molar-refractivity contribution < 1.29 is 14.2 Å². The molecule has 0 amide bonds. The van der Waals surface area contributed by atoms with Crippen LogP contribution in [0.15, 0.2) is 42.7 Å². The van der Waals surface area contributed by atoms with E-state index in [4.69, 9.17) is 19.9 Å². The molecule has 35 heavy (non-hydrogen) atoms. The monoisotopic (exact) mass is 476 g/mol. The number of nitrogens with one attached hydrogen (secondary N) is 1. The number of anilines is 3. The van der Waals surface area contributed by atoms with Crippen LogP contribution >= 0.6 is 0 Å². The zero-order valence-electron chi connectivity index (χ0n) is 19.8. The number of aromatic nitrogens is 5. The molecule has 3 N–H and O–H groups in total. The first-order chi connectivity index (χ1) is 17.1. The van der Waals surface area contributed by atoms with E-state index in [1.807, 2.05) is 24.3 Å². The van der Waals surface area contributed by atoms with Gasteiger partial charge in [0.05, 0.1) is 19.7 Å². The van der Waals surface area contributed by atoms with Gasteiger partial charge >= 0.3 is 0 Å². The van der Waals surface area contributed by atoms with E-state index in [1.54, 1.807) is 26.4 Å². The molecular weight excluding hydrogens is 448 g/mol. The average Bonchev–Trinajstić information content (AvgIpc) is 3.53. The second-order valence-corrected chi connectivity index (χ2v) is 8.17. The van der Waals surface area contributed by atoms with E-state index in [2.05, 4.69) is 30.3 Å². The first-order valence-corrected chi connectivity index (χ1v) is 11.5. The van der Waals surface area contributed by atoms with Gasteiger partial charge in [-0.15, -0.1) is 5.10 Å². The van der Waals surface area contributed by atoms with Gasteiger partial charge in [-0.1, -0.05) is 0 Å². The minimum absolute atomic E-state index is 0.184. The normalized spacial score (nSPS) is 13.8. The van der Waals surface area contributed by atoms with Crippen molar-refractivity contribution in [2.24, 2.45) is 0 Å². The predicted molar refractivity (Wildman–Crippen MR) is 133 cm³/mol. The minimum Gasteiger partial charge on any atom is -0.493 e. The number of ether oxygens (including phenoxy) is 3. The van der Waals surface area contributed by atoms with Gasteiger partial charge in [-0.2, -0.15) is 9.67 Å². The average molecular weight is 477 g/mol. The van der Waals surface area contributed by atoms with Crippen molar-refractivity contribution in [3.8, 4) is 23.1 Å². The molecule has 0 radical (unpaired) electrons. The number of hydrogen-bond acceptors (Lipinski definition) is 10. The molecule has 1 fully saturated rings. The standard InChI is InChI=1S/C24H28N8O3/c1-33-20-13-18-19(14-21(20)34-2)26-15-27-22(18)32-23(25)29-24(30-32)28-16-5-7-17(8-6-16)35-12-11-31-9-3-4-10-31/h5-8,13-15H,3-4,9-12H2,1-2H3,(H3,25,28,29,30). The Balaban J connectivity index is 1.31. The number of methoxy groups -OCH3 is 2. The Morgan fingerprint density at radius 2 is 1.74 bits per heavy atom. The summed E-state index contributed by atoms with van der Waals surface area (Å²) in [6, 6.07) is 11.2. The Morgan fingerprint density at radius 1 is 1.00 bits per heavy atom. The van der Waals surface area contributed by atoms with Crippen LogP contribution in [0.4, 0.5) is 17.6 Å². The van der Waals surface area contributed by atoms with Crippen molar-refractivity contribution >= 4 is 28.5 Å². The molecule has 11 nitrogen and oxygen atoms in total. The van der Waals surface area contributed by atoms with E-state index in [1.165, 1.54) is 36.9 Å². The highest BCUT2D eigenvalue weighted by Crippen LogP contribution is 2.33. The lowest BCUT2D eigenvalue weighted by molar-refractivity contribution is 0.238. The highest BCUT2D eigenvalue weighted by molar-refractivity contribution is 5.88. The van der Waals surface area contributed by atoms with E-state index < -0.39 is 0 Å². The number of nitrogen functional groups attached to an aromatic ring is 1. The first-order valence-electron chi connectivity index (χ1n) is 11.5. The molecule has 2 aromatic carbocycles. The summed E-state index contributed by atoms with van der Waals surface area (Å²) >= 11 is 0. The fraction of sp³-hybridized carbons (Fsp3) is 0.333. The smallest absolute Gasteiger partial charge is 0.248 e. The van der Waals surface area contributed by atoms with Crippen molar-refractivity contribution in [1.29, 1.82) is 0 Å². The fourth-order valence-electron chi connectivity index (χ4n) is 4.13. The summed E-state index contributed by atoms with van der Waals surface area (Å²) in [4.78, 5) is 15.5. The van der Waals surface area contributed by atoms with E-state index >= 15 is 0 Å². The number of nitrogens with zero attached hydrogens (tertiary/aromatic N) is 6. The van der Waals surface area contributed by atoms with Crippen LogP contribution < -0.4 is 25.3 Å². The molecule has 1 aliphatic heterocycles. The molecule has 182 valence electrons. The summed E-state index contributed by atoms with van der Waals surface area (Å²) in [6.45, 7) is 3.97. The zero-order valence-corrected chi connectivity index (χ0v) is 19.8. The highest BCUT2D eigenvalue weighted by Gasteiger charge is 2.16.